The van der Waals surface area contributed by atoms with Gasteiger partial charge < -0.3 is 19.7 Å². The van der Waals surface area contributed by atoms with Crippen LogP contribution in [0.3, 0.4) is 0 Å². The van der Waals surface area contributed by atoms with Crippen molar-refractivity contribution in [1.82, 2.24) is 0 Å². The van der Waals surface area contributed by atoms with Gasteiger partial charge in [-0.1, -0.05) is 18.2 Å². The number of benzene rings is 2. The van der Waals surface area contributed by atoms with E-state index in [4.69, 9.17) is 9.47 Å². The second kappa shape index (κ2) is 6.61. The summed E-state index contributed by atoms with van der Waals surface area (Å²) in [5, 5.41) is 2.88. The predicted molar refractivity (Wildman–Crippen MR) is 102 cm³/mol. The molecule has 0 aromatic heterocycles. The molecule has 0 bridgehead atoms. The van der Waals surface area contributed by atoms with E-state index in [1.54, 1.807) is 37.3 Å². The quantitative estimate of drug-likeness (QED) is 0.826. The van der Waals surface area contributed by atoms with Crippen LogP contribution in [0.2, 0.25) is 0 Å². The highest BCUT2D eigenvalue weighted by atomic mass is 16.5. The maximum Gasteiger partial charge on any atom is 0.242 e. The fourth-order valence-corrected chi connectivity index (χ4v) is 3.64. The Kier molecular flexibility index (Phi) is 4.26. The minimum Gasteiger partial charge on any atom is -0.493 e. The first kappa shape index (κ1) is 17.4. The minimum absolute atomic E-state index is 0.106. The van der Waals surface area contributed by atoms with Crippen LogP contribution in [0.5, 0.6) is 11.5 Å². The van der Waals surface area contributed by atoms with E-state index in [0.29, 0.717) is 36.6 Å². The fourth-order valence-electron chi connectivity index (χ4n) is 3.64. The van der Waals surface area contributed by atoms with Gasteiger partial charge in [-0.05, 0) is 43.0 Å². The summed E-state index contributed by atoms with van der Waals surface area (Å²) in [7, 11) is 3.10. The average molecular weight is 366 g/mol. The number of nitrogens with one attached hydrogen (secondary N) is 1. The topological polar surface area (TPSA) is 67.9 Å². The minimum atomic E-state index is -0.968. The molecule has 1 N–H and O–H groups in total. The number of carbonyl (C=O) groups is 2. The number of hydrogen-bond donors (Lipinski definition) is 1. The number of carbonyl (C=O) groups excluding carboxylic acids is 2. The highest BCUT2D eigenvalue weighted by Crippen LogP contribution is 2.49. The summed E-state index contributed by atoms with van der Waals surface area (Å²) < 4.78 is 10.5. The fraction of sp³-hybridized carbons (Fsp3) is 0.333. The molecular weight excluding hydrogens is 344 g/mol. The number of fused-ring (bicyclic) bond motifs is 1. The second-order valence-corrected chi connectivity index (χ2v) is 6.94. The average Bonchev–Trinajstić information content (AvgIpc) is 3.41. The van der Waals surface area contributed by atoms with Crippen LogP contribution in [-0.4, -0.2) is 32.6 Å². The Bertz CT molecular complexity index is 905. The van der Waals surface area contributed by atoms with Crippen molar-refractivity contribution in [2.45, 2.75) is 19.3 Å². The summed E-state index contributed by atoms with van der Waals surface area (Å²) in [6.45, 7) is 0.629. The van der Waals surface area contributed by atoms with Gasteiger partial charge >= 0.3 is 0 Å². The first-order chi connectivity index (χ1) is 13.1. The lowest BCUT2D eigenvalue weighted by Gasteiger charge is -2.23. The Morgan fingerprint density at radius 1 is 1.04 bits per heavy atom. The molecule has 1 heterocycles. The van der Waals surface area contributed by atoms with Crippen molar-refractivity contribution in [3.05, 3.63) is 48.0 Å². The van der Waals surface area contributed by atoms with Gasteiger partial charge in [0.05, 0.1) is 14.2 Å². The number of nitrogens with zero attached hydrogens (tertiary/aromatic N) is 1. The van der Waals surface area contributed by atoms with E-state index in [1.807, 2.05) is 24.3 Å². The summed E-state index contributed by atoms with van der Waals surface area (Å²) in [5.41, 5.74) is 1.69. The third-order valence-corrected chi connectivity index (χ3v) is 5.37. The monoisotopic (exact) mass is 366 g/mol. The van der Waals surface area contributed by atoms with E-state index in [-0.39, 0.29) is 11.8 Å². The molecular formula is C21H22N2O4. The van der Waals surface area contributed by atoms with E-state index in [1.165, 1.54) is 0 Å². The molecule has 2 aliphatic rings. The van der Waals surface area contributed by atoms with Crippen molar-refractivity contribution in [2.24, 2.45) is 5.41 Å². The van der Waals surface area contributed by atoms with Crippen LogP contribution in [0.25, 0.3) is 0 Å². The number of anilines is 2. The van der Waals surface area contributed by atoms with Gasteiger partial charge in [0.15, 0.2) is 11.5 Å². The first-order valence-electron chi connectivity index (χ1n) is 9.02. The van der Waals surface area contributed by atoms with Crippen LogP contribution in [0, 0.1) is 5.41 Å². The zero-order valence-corrected chi connectivity index (χ0v) is 15.5. The van der Waals surface area contributed by atoms with E-state index in [9.17, 15) is 9.59 Å². The van der Waals surface area contributed by atoms with Gasteiger partial charge in [-0.2, -0.15) is 0 Å². The third-order valence-electron chi connectivity index (χ3n) is 5.37. The molecule has 0 spiro atoms. The summed E-state index contributed by atoms with van der Waals surface area (Å²) in [4.78, 5) is 27.9. The SMILES string of the molecule is COc1ccc(NC(=O)C2(C(=O)N3CCc4ccccc43)CC2)cc1OC. The lowest BCUT2D eigenvalue weighted by atomic mass is 10.0. The van der Waals surface area contributed by atoms with Crippen molar-refractivity contribution >= 4 is 23.2 Å². The molecule has 27 heavy (non-hydrogen) atoms. The lowest BCUT2D eigenvalue weighted by molar-refractivity contribution is -0.132. The van der Waals surface area contributed by atoms with Crippen molar-refractivity contribution < 1.29 is 19.1 Å². The molecule has 0 atom stereocenters. The maximum absolute atomic E-state index is 13.2. The van der Waals surface area contributed by atoms with Crippen LogP contribution >= 0.6 is 0 Å². The van der Waals surface area contributed by atoms with Gasteiger partial charge in [-0.3, -0.25) is 9.59 Å². The molecule has 2 aromatic rings. The van der Waals surface area contributed by atoms with Gasteiger partial charge in [0, 0.05) is 24.0 Å². The summed E-state index contributed by atoms with van der Waals surface area (Å²) >= 11 is 0. The Balaban J connectivity index is 1.53. The molecule has 6 nitrogen and oxygen atoms in total. The second-order valence-electron chi connectivity index (χ2n) is 6.94. The molecule has 4 rings (SSSR count). The van der Waals surface area contributed by atoms with E-state index < -0.39 is 5.41 Å². The van der Waals surface area contributed by atoms with Gasteiger partial charge in [-0.25, -0.2) is 0 Å². The molecule has 0 unspecified atom stereocenters. The van der Waals surface area contributed by atoms with E-state index in [0.717, 1.165) is 17.7 Å². The normalized spacial score (nSPS) is 16.4. The highest BCUT2D eigenvalue weighted by molar-refractivity contribution is 6.18. The van der Waals surface area contributed by atoms with Gasteiger partial charge in [0.2, 0.25) is 11.8 Å². The lowest BCUT2D eigenvalue weighted by Crippen LogP contribution is -2.42. The molecule has 140 valence electrons. The Morgan fingerprint density at radius 3 is 2.48 bits per heavy atom. The molecule has 1 aliphatic carbocycles. The van der Waals surface area contributed by atoms with Gasteiger partial charge in [0.1, 0.15) is 5.41 Å². The number of para-hydroxylation sites is 1. The van der Waals surface area contributed by atoms with Crippen LogP contribution < -0.4 is 19.7 Å². The Labute approximate surface area is 158 Å². The van der Waals surface area contributed by atoms with Crippen LogP contribution in [-0.2, 0) is 16.0 Å². The Morgan fingerprint density at radius 2 is 1.78 bits per heavy atom. The molecule has 1 aliphatic heterocycles. The third kappa shape index (κ3) is 2.91. The van der Waals surface area contributed by atoms with Crippen LogP contribution in [0.4, 0.5) is 11.4 Å². The molecule has 2 aromatic carbocycles. The summed E-state index contributed by atoms with van der Waals surface area (Å²) in [6, 6.07) is 13.0. The number of rotatable bonds is 5. The molecule has 1 saturated carbocycles. The van der Waals surface area contributed by atoms with Crippen molar-refractivity contribution in [3.8, 4) is 11.5 Å². The summed E-state index contributed by atoms with van der Waals surface area (Å²) in [5.74, 6) is 0.746. The summed E-state index contributed by atoms with van der Waals surface area (Å²) in [6.07, 6.45) is 1.97. The molecule has 1 fully saturated rings. The largest absolute Gasteiger partial charge is 0.493 e. The first-order valence-corrected chi connectivity index (χ1v) is 9.02. The van der Waals surface area contributed by atoms with Crippen molar-refractivity contribution in [3.63, 3.8) is 0 Å². The molecule has 6 heteroatoms. The predicted octanol–water partition coefficient (Wildman–Crippen LogP) is 3.01. The zero-order valence-electron chi connectivity index (χ0n) is 15.5. The number of ether oxygens (including phenoxy) is 2. The molecule has 2 amide bonds. The number of amides is 2. The van der Waals surface area contributed by atoms with Crippen LogP contribution in [0.1, 0.15) is 18.4 Å². The van der Waals surface area contributed by atoms with Crippen molar-refractivity contribution in [1.29, 1.82) is 0 Å². The molecule has 0 radical (unpaired) electrons. The molecule has 0 saturated heterocycles. The van der Waals surface area contributed by atoms with Crippen molar-refractivity contribution in [2.75, 3.05) is 31.0 Å². The smallest absolute Gasteiger partial charge is 0.242 e. The van der Waals surface area contributed by atoms with E-state index in [2.05, 4.69) is 5.32 Å². The van der Waals surface area contributed by atoms with E-state index >= 15 is 0 Å². The number of hydrogen-bond acceptors (Lipinski definition) is 4. The number of methoxy groups -OCH3 is 2. The zero-order chi connectivity index (χ0) is 19.0. The van der Waals surface area contributed by atoms with Gasteiger partial charge in [0.25, 0.3) is 0 Å². The highest BCUT2D eigenvalue weighted by Gasteiger charge is 2.58. The standard InChI is InChI=1S/C21H22N2O4/c1-26-17-8-7-15(13-18(17)27-2)22-19(24)21(10-11-21)20(25)23-12-9-14-5-3-4-6-16(14)23/h3-8,13H,9-12H2,1-2H3,(H,22,24). The maximum atomic E-state index is 13.2. The van der Waals surface area contributed by atoms with Crippen LogP contribution in [0.15, 0.2) is 42.5 Å². The van der Waals surface area contributed by atoms with Gasteiger partial charge in [-0.15, -0.1) is 0 Å². The Hall–Kier alpha value is -3.02.